The third-order valence-corrected chi connectivity index (χ3v) is 3.92. The first-order chi connectivity index (χ1) is 14.0. The summed E-state index contributed by atoms with van der Waals surface area (Å²) >= 11 is 0. The number of fused-ring (bicyclic) bond motifs is 1. The molecule has 0 fully saturated rings. The van der Waals surface area contributed by atoms with E-state index >= 15 is 0 Å². The van der Waals surface area contributed by atoms with Gasteiger partial charge in [-0.1, -0.05) is 0 Å². The van der Waals surface area contributed by atoms with E-state index in [4.69, 9.17) is 23.7 Å². The smallest absolute Gasteiger partial charge is 0.338 e. The third kappa shape index (κ3) is 5.31. The van der Waals surface area contributed by atoms with Crippen LogP contribution < -0.4 is 24.3 Å². The predicted octanol–water partition coefficient (Wildman–Crippen LogP) is 3.05. The first kappa shape index (κ1) is 20.3. The number of hydrogen-bond donors (Lipinski definition) is 1. The van der Waals surface area contributed by atoms with Gasteiger partial charge in [0.2, 0.25) is 0 Å². The number of benzene rings is 2. The average molecular weight is 401 g/mol. The lowest BCUT2D eigenvalue weighted by atomic mass is 10.2. The Morgan fingerprint density at radius 1 is 1.03 bits per heavy atom. The molecule has 0 aliphatic carbocycles. The van der Waals surface area contributed by atoms with Crippen LogP contribution >= 0.6 is 0 Å². The summed E-state index contributed by atoms with van der Waals surface area (Å²) in [6.07, 6.45) is -0.0362. The lowest BCUT2D eigenvalue weighted by molar-refractivity contribution is -0.119. The van der Waals surface area contributed by atoms with Crippen LogP contribution in [-0.4, -0.2) is 44.9 Å². The van der Waals surface area contributed by atoms with E-state index in [2.05, 4.69) is 5.32 Å². The van der Waals surface area contributed by atoms with Gasteiger partial charge >= 0.3 is 5.97 Å². The normalized spacial score (nSPS) is 12.3. The van der Waals surface area contributed by atoms with Crippen LogP contribution in [0.1, 0.15) is 24.2 Å². The number of anilines is 1. The van der Waals surface area contributed by atoms with E-state index < -0.39 is 18.5 Å². The average Bonchev–Trinajstić information content (AvgIpc) is 2.71. The van der Waals surface area contributed by atoms with Crippen LogP contribution in [0.2, 0.25) is 0 Å². The Morgan fingerprint density at radius 2 is 1.79 bits per heavy atom. The minimum atomic E-state index is -0.642. The molecule has 0 spiro atoms. The fourth-order valence-corrected chi connectivity index (χ4v) is 2.68. The van der Waals surface area contributed by atoms with Gasteiger partial charge in [-0.05, 0) is 44.2 Å². The molecule has 1 amide bonds. The van der Waals surface area contributed by atoms with Crippen molar-refractivity contribution in [2.45, 2.75) is 20.0 Å². The number of hydrogen-bond acceptors (Lipinski definition) is 7. The van der Waals surface area contributed by atoms with Gasteiger partial charge in [-0.15, -0.1) is 0 Å². The second-order valence-corrected chi connectivity index (χ2v) is 6.51. The van der Waals surface area contributed by atoms with Gasteiger partial charge in [0.15, 0.2) is 29.6 Å². The fraction of sp³-hybridized carbons (Fsp3) is 0.333. The van der Waals surface area contributed by atoms with Crippen molar-refractivity contribution in [1.82, 2.24) is 0 Å². The lowest BCUT2D eigenvalue weighted by Gasteiger charge is -2.19. The van der Waals surface area contributed by atoms with Crippen molar-refractivity contribution >= 4 is 17.6 Å². The number of methoxy groups -OCH3 is 1. The van der Waals surface area contributed by atoms with E-state index in [1.54, 1.807) is 30.3 Å². The molecular weight excluding hydrogens is 378 g/mol. The minimum Gasteiger partial charge on any atom is -0.493 e. The maximum atomic E-state index is 12.3. The van der Waals surface area contributed by atoms with Crippen LogP contribution in [0.4, 0.5) is 5.69 Å². The van der Waals surface area contributed by atoms with Gasteiger partial charge < -0.3 is 29.0 Å². The maximum absolute atomic E-state index is 12.3. The van der Waals surface area contributed by atoms with E-state index in [1.807, 2.05) is 13.8 Å². The van der Waals surface area contributed by atoms with Crippen molar-refractivity contribution in [1.29, 1.82) is 0 Å². The van der Waals surface area contributed by atoms with Gasteiger partial charge in [0.1, 0.15) is 13.2 Å². The highest BCUT2D eigenvalue weighted by molar-refractivity contribution is 5.96. The van der Waals surface area contributed by atoms with Gasteiger partial charge in [-0.2, -0.15) is 0 Å². The Labute approximate surface area is 168 Å². The van der Waals surface area contributed by atoms with Crippen LogP contribution in [0, 0.1) is 0 Å². The van der Waals surface area contributed by atoms with E-state index in [9.17, 15) is 9.59 Å². The maximum Gasteiger partial charge on any atom is 0.338 e. The molecular formula is C21H23NO7. The molecule has 2 aromatic rings. The van der Waals surface area contributed by atoms with Crippen molar-refractivity contribution in [3.8, 4) is 23.0 Å². The number of rotatable bonds is 7. The highest BCUT2D eigenvalue weighted by Crippen LogP contribution is 2.32. The molecule has 1 aliphatic heterocycles. The molecule has 0 saturated heterocycles. The SMILES string of the molecule is COc1cc(C(=O)OCC(=O)Nc2ccc3c(c2)OCCO3)ccc1OC(C)C. The second kappa shape index (κ2) is 9.18. The summed E-state index contributed by atoms with van der Waals surface area (Å²) in [6, 6.07) is 9.76. The molecule has 8 heteroatoms. The first-order valence-corrected chi connectivity index (χ1v) is 9.17. The zero-order valence-electron chi connectivity index (χ0n) is 16.5. The Kier molecular flexibility index (Phi) is 6.43. The van der Waals surface area contributed by atoms with Crippen molar-refractivity contribution < 1.29 is 33.3 Å². The molecule has 3 rings (SSSR count). The summed E-state index contributed by atoms with van der Waals surface area (Å²) in [7, 11) is 1.48. The molecule has 0 radical (unpaired) electrons. The summed E-state index contributed by atoms with van der Waals surface area (Å²) in [6.45, 7) is 4.29. The van der Waals surface area contributed by atoms with Crippen LogP contribution in [0.5, 0.6) is 23.0 Å². The van der Waals surface area contributed by atoms with Crippen molar-refractivity contribution in [3.05, 3.63) is 42.0 Å². The lowest BCUT2D eigenvalue weighted by Crippen LogP contribution is -2.21. The monoisotopic (exact) mass is 401 g/mol. The van der Waals surface area contributed by atoms with Crippen LogP contribution in [0.3, 0.4) is 0 Å². The van der Waals surface area contributed by atoms with Gasteiger partial charge in [0, 0.05) is 11.8 Å². The van der Waals surface area contributed by atoms with E-state index in [-0.39, 0.29) is 11.7 Å². The minimum absolute atomic E-state index is 0.0362. The highest BCUT2D eigenvalue weighted by atomic mass is 16.6. The van der Waals surface area contributed by atoms with Gasteiger partial charge in [-0.3, -0.25) is 4.79 Å². The van der Waals surface area contributed by atoms with Crippen molar-refractivity contribution in [2.75, 3.05) is 32.2 Å². The third-order valence-electron chi connectivity index (χ3n) is 3.92. The van der Waals surface area contributed by atoms with Crippen LogP contribution in [-0.2, 0) is 9.53 Å². The quantitative estimate of drug-likeness (QED) is 0.713. The van der Waals surface area contributed by atoms with E-state index in [0.717, 1.165) is 0 Å². The molecule has 0 aromatic heterocycles. The second-order valence-electron chi connectivity index (χ2n) is 6.51. The number of carbonyl (C=O) groups excluding carboxylic acids is 2. The molecule has 154 valence electrons. The Balaban J connectivity index is 1.56. The van der Waals surface area contributed by atoms with Gasteiger partial charge in [0.25, 0.3) is 5.91 Å². The van der Waals surface area contributed by atoms with Crippen molar-refractivity contribution in [2.24, 2.45) is 0 Å². The molecule has 1 aliphatic rings. The molecule has 0 saturated carbocycles. The summed E-state index contributed by atoms with van der Waals surface area (Å²) in [5.74, 6) is 1.00. The predicted molar refractivity (Wildman–Crippen MR) is 105 cm³/mol. The largest absolute Gasteiger partial charge is 0.493 e. The molecule has 2 aromatic carbocycles. The number of nitrogens with one attached hydrogen (secondary N) is 1. The first-order valence-electron chi connectivity index (χ1n) is 9.17. The summed E-state index contributed by atoms with van der Waals surface area (Å²) in [5, 5.41) is 2.66. The molecule has 0 atom stereocenters. The number of carbonyl (C=O) groups is 2. The number of esters is 1. The molecule has 29 heavy (non-hydrogen) atoms. The Bertz CT molecular complexity index is 895. The van der Waals surface area contributed by atoms with Crippen LogP contribution in [0.15, 0.2) is 36.4 Å². The Hall–Kier alpha value is -3.42. The summed E-state index contributed by atoms with van der Waals surface area (Å²) < 4.78 is 26.9. The van der Waals surface area contributed by atoms with E-state index in [0.29, 0.717) is 41.9 Å². The number of ether oxygens (including phenoxy) is 5. The Morgan fingerprint density at radius 3 is 2.52 bits per heavy atom. The molecule has 0 bridgehead atoms. The standard InChI is InChI=1S/C21H23NO7/c1-13(2)29-17-6-4-14(10-18(17)25-3)21(24)28-12-20(23)22-15-5-7-16-19(11-15)27-9-8-26-16/h4-7,10-11,13H,8-9,12H2,1-3H3,(H,22,23). The summed E-state index contributed by atoms with van der Waals surface area (Å²) in [4.78, 5) is 24.4. The number of amides is 1. The molecule has 1 N–H and O–H groups in total. The van der Waals surface area contributed by atoms with E-state index in [1.165, 1.54) is 13.2 Å². The van der Waals surface area contributed by atoms with Crippen molar-refractivity contribution in [3.63, 3.8) is 0 Å². The molecule has 1 heterocycles. The topological polar surface area (TPSA) is 92.3 Å². The highest BCUT2D eigenvalue weighted by Gasteiger charge is 2.16. The fourth-order valence-electron chi connectivity index (χ4n) is 2.68. The zero-order chi connectivity index (χ0) is 20.8. The summed E-state index contributed by atoms with van der Waals surface area (Å²) in [5.41, 5.74) is 0.775. The van der Waals surface area contributed by atoms with Crippen LogP contribution in [0.25, 0.3) is 0 Å². The molecule has 8 nitrogen and oxygen atoms in total. The zero-order valence-corrected chi connectivity index (χ0v) is 16.5. The van der Waals surface area contributed by atoms with Gasteiger partial charge in [0.05, 0.1) is 18.8 Å². The van der Waals surface area contributed by atoms with Gasteiger partial charge in [-0.25, -0.2) is 4.79 Å². The molecule has 0 unspecified atom stereocenters.